The summed E-state index contributed by atoms with van der Waals surface area (Å²) in [5.41, 5.74) is 2.62. The third kappa shape index (κ3) is 4.62. The molecule has 190 valence electrons. The molecule has 0 unspecified atom stereocenters. The number of aryl methyl sites for hydroxylation is 1. The lowest BCUT2D eigenvalue weighted by molar-refractivity contribution is -0.116. The largest absolute Gasteiger partial charge is 0.351 e. The number of anilines is 1. The molecule has 2 heterocycles. The van der Waals surface area contributed by atoms with Crippen LogP contribution in [0.2, 0.25) is 5.02 Å². The maximum atomic E-state index is 13.4. The number of aromatic nitrogens is 2. The van der Waals surface area contributed by atoms with Crippen LogP contribution in [-0.2, 0) is 11.3 Å². The summed E-state index contributed by atoms with van der Waals surface area (Å²) in [5, 5.41) is 6.61. The minimum absolute atomic E-state index is 0.0923. The van der Waals surface area contributed by atoms with Gasteiger partial charge in [-0.15, -0.1) is 11.8 Å². The summed E-state index contributed by atoms with van der Waals surface area (Å²) in [6, 6.07) is 16.4. The number of hydrogen-bond donors (Lipinski definition) is 1. The molecule has 1 aliphatic rings. The highest BCUT2D eigenvalue weighted by atomic mass is 35.5. The number of carbonyl (C=O) groups excluding carboxylic acids is 1. The van der Waals surface area contributed by atoms with Crippen LogP contribution >= 0.6 is 23.4 Å². The summed E-state index contributed by atoms with van der Waals surface area (Å²) in [6.45, 7) is 9.31. The summed E-state index contributed by atoms with van der Waals surface area (Å²) in [7, 11) is 0. The van der Waals surface area contributed by atoms with Gasteiger partial charge in [0.1, 0.15) is 5.82 Å². The molecule has 1 aromatic heterocycles. The molecule has 0 aliphatic carbocycles. The molecule has 8 heteroatoms. The molecular formula is C29H29ClN4O2S. The Morgan fingerprint density at radius 2 is 2.05 bits per heavy atom. The summed E-state index contributed by atoms with van der Waals surface area (Å²) >= 11 is 8.81. The number of benzene rings is 3. The van der Waals surface area contributed by atoms with E-state index in [4.69, 9.17) is 11.6 Å². The second-order valence-electron chi connectivity index (χ2n) is 9.20. The van der Waals surface area contributed by atoms with Crippen LogP contribution in [0.25, 0.3) is 32.8 Å². The van der Waals surface area contributed by atoms with Crippen molar-refractivity contribution in [3.05, 3.63) is 76.7 Å². The predicted molar refractivity (Wildman–Crippen MR) is 155 cm³/mol. The van der Waals surface area contributed by atoms with Gasteiger partial charge in [0.05, 0.1) is 10.5 Å². The van der Waals surface area contributed by atoms with Crippen molar-refractivity contribution in [3.8, 4) is 11.1 Å². The Morgan fingerprint density at radius 1 is 1.27 bits per heavy atom. The van der Waals surface area contributed by atoms with E-state index < -0.39 is 0 Å². The molecule has 5 rings (SSSR count). The number of nitrogens with one attached hydrogen (secondary N) is 1. The topological polar surface area (TPSA) is 67.2 Å². The molecular weight excluding hydrogens is 504 g/mol. The normalized spacial score (nSPS) is 13.5. The fourth-order valence-electron chi connectivity index (χ4n) is 5.07. The number of nitrogens with zero attached hydrogens (tertiary/aromatic N) is 3. The van der Waals surface area contributed by atoms with Gasteiger partial charge in [0.2, 0.25) is 5.91 Å². The average Bonchev–Trinajstić information content (AvgIpc) is 2.92. The number of carbonyl (C=O) groups is 1. The molecule has 1 N–H and O–H groups in total. The Morgan fingerprint density at radius 3 is 2.84 bits per heavy atom. The van der Waals surface area contributed by atoms with Crippen LogP contribution in [0.3, 0.4) is 0 Å². The molecule has 0 bridgehead atoms. The van der Waals surface area contributed by atoms with Gasteiger partial charge in [0, 0.05) is 47.3 Å². The van der Waals surface area contributed by atoms with Crippen molar-refractivity contribution in [3.63, 3.8) is 0 Å². The first-order chi connectivity index (χ1) is 17.9. The van der Waals surface area contributed by atoms with E-state index in [1.165, 1.54) is 6.08 Å². The minimum Gasteiger partial charge on any atom is -0.351 e. The SMILES string of the molecule is C=CC(=O)NC[C@H](C)N(CCC)c1nc(=O)n2c3c(c(-c4cccc5ccccc45)c(Cl)cc13)SCC2. The molecule has 1 amide bonds. The van der Waals surface area contributed by atoms with Crippen molar-refractivity contribution in [2.45, 2.75) is 37.8 Å². The van der Waals surface area contributed by atoms with Crippen molar-refractivity contribution in [1.29, 1.82) is 0 Å². The zero-order valence-corrected chi connectivity index (χ0v) is 22.5. The Labute approximate surface area is 225 Å². The van der Waals surface area contributed by atoms with Gasteiger partial charge >= 0.3 is 5.69 Å². The van der Waals surface area contributed by atoms with Crippen LogP contribution in [0.4, 0.5) is 5.82 Å². The highest BCUT2D eigenvalue weighted by Gasteiger charge is 2.27. The molecule has 1 aliphatic heterocycles. The lowest BCUT2D eigenvalue weighted by atomic mass is 9.97. The lowest BCUT2D eigenvalue weighted by Gasteiger charge is -2.32. The van der Waals surface area contributed by atoms with Crippen LogP contribution in [-0.4, -0.2) is 40.3 Å². The van der Waals surface area contributed by atoms with Crippen molar-refractivity contribution >= 4 is 56.8 Å². The number of hydrogen-bond acceptors (Lipinski definition) is 5. The van der Waals surface area contributed by atoms with Crippen molar-refractivity contribution in [2.24, 2.45) is 0 Å². The smallest absolute Gasteiger partial charge is 0.350 e. The van der Waals surface area contributed by atoms with Crippen LogP contribution in [0.5, 0.6) is 0 Å². The fourth-order valence-corrected chi connectivity index (χ4v) is 6.63. The lowest BCUT2D eigenvalue weighted by Crippen LogP contribution is -2.44. The van der Waals surface area contributed by atoms with Crippen molar-refractivity contribution < 1.29 is 4.79 Å². The molecule has 0 fully saturated rings. The number of fused-ring (bicyclic) bond motifs is 1. The highest BCUT2D eigenvalue weighted by Crippen LogP contribution is 2.47. The van der Waals surface area contributed by atoms with E-state index in [-0.39, 0.29) is 17.6 Å². The van der Waals surface area contributed by atoms with Gasteiger partial charge in [-0.1, -0.05) is 67.6 Å². The van der Waals surface area contributed by atoms with Gasteiger partial charge < -0.3 is 10.2 Å². The standard InChI is InChI=1S/C29H29ClN4O2S/c1-4-13-33(18(3)17-31-24(35)5-2)28-22-16-23(30)25(21-12-8-10-19-9-6-7-11-20(19)21)27-26(22)34(14-15-37-27)29(36)32-28/h5-12,16,18H,2,4,13-15,17H2,1,3H3,(H,31,35)/t18-/m0/s1. The number of thioether (sulfide) groups is 1. The first-order valence-corrected chi connectivity index (χ1v) is 13.9. The van der Waals surface area contributed by atoms with Gasteiger partial charge in [-0.25, -0.2) is 4.79 Å². The van der Waals surface area contributed by atoms with Crippen molar-refractivity contribution in [1.82, 2.24) is 14.9 Å². The third-order valence-corrected chi connectivity index (χ3v) is 8.17. The van der Waals surface area contributed by atoms with Crippen molar-refractivity contribution in [2.75, 3.05) is 23.7 Å². The van der Waals surface area contributed by atoms with Crippen LogP contribution in [0, 0.1) is 0 Å². The summed E-state index contributed by atoms with van der Waals surface area (Å²) in [6.07, 6.45) is 2.12. The molecule has 0 saturated heterocycles. The maximum Gasteiger partial charge on any atom is 0.350 e. The molecule has 0 radical (unpaired) electrons. The van der Waals surface area contributed by atoms with Gasteiger partial charge in [-0.2, -0.15) is 4.98 Å². The van der Waals surface area contributed by atoms with Gasteiger partial charge in [-0.05, 0) is 41.8 Å². The third-order valence-electron chi connectivity index (χ3n) is 6.80. The zero-order valence-electron chi connectivity index (χ0n) is 21.0. The van der Waals surface area contributed by atoms with Crippen LogP contribution in [0.15, 0.2) is 70.9 Å². The molecule has 6 nitrogen and oxygen atoms in total. The van der Waals surface area contributed by atoms with E-state index in [2.05, 4.69) is 53.0 Å². The molecule has 0 saturated carbocycles. The van der Waals surface area contributed by atoms with Crippen LogP contribution in [0.1, 0.15) is 20.3 Å². The average molecular weight is 533 g/mol. The van der Waals surface area contributed by atoms with Crippen LogP contribution < -0.4 is 15.9 Å². The number of rotatable bonds is 8. The summed E-state index contributed by atoms with van der Waals surface area (Å²) < 4.78 is 1.78. The number of amides is 1. The maximum absolute atomic E-state index is 13.4. The molecule has 1 atom stereocenters. The Bertz CT molecular complexity index is 1580. The Hall–Kier alpha value is -3.29. The van der Waals surface area contributed by atoms with Gasteiger partial charge in [-0.3, -0.25) is 9.36 Å². The van der Waals surface area contributed by atoms with E-state index in [1.54, 1.807) is 16.3 Å². The number of halogens is 1. The fraction of sp³-hybridized carbons (Fsp3) is 0.276. The monoisotopic (exact) mass is 532 g/mol. The van der Waals surface area contributed by atoms with Gasteiger partial charge in [0.15, 0.2) is 0 Å². The van der Waals surface area contributed by atoms with E-state index in [9.17, 15) is 9.59 Å². The summed E-state index contributed by atoms with van der Waals surface area (Å²) in [4.78, 5) is 32.8. The van der Waals surface area contributed by atoms with Gasteiger partial charge in [0.25, 0.3) is 0 Å². The summed E-state index contributed by atoms with van der Waals surface area (Å²) in [5.74, 6) is 1.14. The zero-order chi connectivity index (χ0) is 26.1. The molecule has 3 aromatic carbocycles. The quantitative estimate of drug-likeness (QED) is 0.287. The molecule has 4 aromatic rings. The van der Waals surface area contributed by atoms with E-state index in [1.807, 2.05) is 31.2 Å². The molecule has 37 heavy (non-hydrogen) atoms. The Balaban J connectivity index is 1.75. The first-order valence-electron chi connectivity index (χ1n) is 12.5. The van der Waals surface area contributed by atoms with E-state index in [0.29, 0.717) is 30.5 Å². The predicted octanol–water partition coefficient (Wildman–Crippen LogP) is 5.88. The Kier molecular flexibility index (Phi) is 7.26. The minimum atomic E-state index is -0.265. The second-order valence-corrected chi connectivity index (χ2v) is 10.7. The van der Waals surface area contributed by atoms with E-state index in [0.717, 1.165) is 49.9 Å². The first kappa shape index (κ1) is 25.4. The molecule has 0 spiro atoms. The second kappa shape index (κ2) is 10.6. The van der Waals surface area contributed by atoms with E-state index >= 15 is 0 Å². The highest BCUT2D eigenvalue weighted by molar-refractivity contribution is 7.99.